The summed E-state index contributed by atoms with van der Waals surface area (Å²) in [6.45, 7) is 9.70. The number of nitrogens with one attached hydrogen (secondary N) is 11. The molecule has 30 heteroatoms. The third kappa shape index (κ3) is 23.0. The number of hydrazine groups is 1. The van der Waals surface area contributed by atoms with Crippen molar-refractivity contribution in [1.82, 2.24) is 63.3 Å². The lowest BCUT2D eigenvalue weighted by Gasteiger charge is -2.30. The molecule has 0 saturated carbocycles. The van der Waals surface area contributed by atoms with Crippen LogP contribution >= 0.6 is 0 Å². The molecule has 0 radical (unpaired) electrons. The van der Waals surface area contributed by atoms with E-state index in [0.717, 1.165) is 22.7 Å². The summed E-state index contributed by atoms with van der Waals surface area (Å²) < 4.78 is 0. The Morgan fingerprint density at radius 1 is 0.667 bits per heavy atom. The van der Waals surface area contributed by atoms with E-state index >= 15 is 0 Å². The van der Waals surface area contributed by atoms with Crippen LogP contribution in [0.3, 0.4) is 0 Å². The van der Waals surface area contributed by atoms with Crippen LogP contribution in [0.15, 0.2) is 90.1 Å². The van der Waals surface area contributed by atoms with Crippen LogP contribution in [0.5, 0.6) is 5.75 Å². The number of phenolic OH excluding ortho intramolecular Hbond substituents is 1. The summed E-state index contributed by atoms with van der Waals surface area (Å²) >= 11 is 0. The van der Waals surface area contributed by atoms with Gasteiger partial charge in [-0.2, -0.15) is 0 Å². The average molecular weight is 1260 g/mol. The number of aromatic amines is 1. The molecular weight excluding hydrogens is 1170 g/mol. The number of aliphatic hydroxyl groups excluding tert-OH is 2. The van der Waals surface area contributed by atoms with Gasteiger partial charge in [0.05, 0.1) is 18.6 Å². The number of β-amino-alcohol motifs (C(OH)–C–C–N with tert-alkyl or cyclic N) is 1. The number of amides is 12. The van der Waals surface area contributed by atoms with E-state index in [1.165, 1.54) is 38.2 Å². The molecule has 10 atom stereocenters. The molecule has 3 aromatic carbocycles. The fraction of sp³-hybridized carbons (Fsp3) is 0.467. The Morgan fingerprint density at radius 3 is 1.89 bits per heavy atom. The number of aliphatic hydroxyl groups is 2. The van der Waals surface area contributed by atoms with Crippen LogP contribution in [0.4, 0.5) is 4.79 Å². The van der Waals surface area contributed by atoms with E-state index in [9.17, 15) is 68.1 Å². The highest BCUT2D eigenvalue weighted by Crippen LogP contribution is 2.23. The quantitative estimate of drug-likeness (QED) is 0.0112. The second-order valence-electron chi connectivity index (χ2n) is 21.8. The van der Waals surface area contributed by atoms with Gasteiger partial charge in [-0.15, -0.1) is 0 Å². The molecule has 2 heterocycles. The molecule has 0 bridgehead atoms. The molecule has 90 heavy (non-hydrogen) atoms. The molecule has 20 N–H and O–H groups in total. The van der Waals surface area contributed by atoms with E-state index in [0.29, 0.717) is 16.7 Å². The molecule has 1 aliphatic rings. The van der Waals surface area contributed by atoms with Crippen molar-refractivity contribution < 1.29 is 68.1 Å². The summed E-state index contributed by atoms with van der Waals surface area (Å²) in [5.74, 6) is -9.47. The molecular formula is C60H86N16O14. The third-order valence-corrected chi connectivity index (χ3v) is 14.2. The maximum atomic E-state index is 14.1. The SMILES string of the molecule is CC.CN=C(N)NCCC[C@H](NC(=O)[C@H](CC(C)C)NC(=O)NNC(=O)[C@H](Cc1ccccc1)NC(=O)[C@@H](NC(=O)[C@H](CC(N)=O)NC(=O)[C@@H]1C[C@@H](O)CN1C(=O)[C@@H](Cc1ccc(O)cc1)NC(C)=O)[C@@H](C)O)C(=O)N[C@@H](Cc1c[nH]c2ccccc12)C(N)=O. The maximum Gasteiger partial charge on any atom is 0.334 e. The van der Waals surface area contributed by atoms with E-state index in [4.69, 9.17) is 17.2 Å². The number of fused-ring (bicyclic) bond motifs is 1. The van der Waals surface area contributed by atoms with Crippen molar-refractivity contribution in [2.24, 2.45) is 28.1 Å². The van der Waals surface area contributed by atoms with Gasteiger partial charge in [0.25, 0.3) is 5.91 Å². The zero-order valence-corrected chi connectivity index (χ0v) is 51.5. The van der Waals surface area contributed by atoms with Gasteiger partial charge < -0.3 is 84.9 Å². The number of carbonyl (C=O) groups is 11. The molecule has 4 aromatic rings. The number of rotatable bonds is 30. The first-order chi connectivity index (χ1) is 42.7. The van der Waals surface area contributed by atoms with Crippen LogP contribution in [0.25, 0.3) is 10.9 Å². The van der Waals surface area contributed by atoms with Gasteiger partial charge in [0, 0.05) is 69.8 Å². The molecule has 0 spiro atoms. The Balaban J connectivity index is 0.00000856. The number of hydrogen-bond acceptors (Lipinski definition) is 15. The van der Waals surface area contributed by atoms with Crippen LogP contribution < -0.4 is 70.6 Å². The number of benzene rings is 3. The summed E-state index contributed by atoms with van der Waals surface area (Å²) in [7, 11) is 1.48. The lowest BCUT2D eigenvalue weighted by molar-refractivity contribution is -0.142. The minimum absolute atomic E-state index is 0.0122. The van der Waals surface area contributed by atoms with Crippen molar-refractivity contribution in [1.29, 1.82) is 0 Å². The summed E-state index contributed by atoms with van der Waals surface area (Å²) in [5.41, 5.74) is 23.9. The molecule has 5 rings (SSSR count). The number of aromatic hydroxyl groups is 1. The molecule has 0 aliphatic carbocycles. The Bertz CT molecular complexity index is 3140. The number of carbonyl (C=O) groups excluding carboxylic acids is 11. The normalized spacial score (nSPS) is 16.3. The van der Waals surface area contributed by atoms with E-state index in [1.54, 1.807) is 50.4 Å². The Hall–Kier alpha value is -9.84. The fourth-order valence-electron chi connectivity index (χ4n) is 9.74. The second-order valence-corrected chi connectivity index (χ2v) is 21.8. The molecule has 1 fully saturated rings. The molecule has 1 aromatic heterocycles. The van der Waals surface area contributed by atoms with E-state index in [1.807, 2.05) is 38.1 Å². The standard InChI is InChI=1S/C58H80N16O14.C2H6/c1-30(2)22-42(51(82)66-40(16-11-21-63-57(61)62-5)50(81)67-41(49(60)80)25-35-28-64-39-15-10-9-14-38(35)39)70-58(88)73-72-53(84)43(23-33-12-7-6-8-13-33)69-55(86)48(31(3)75)71-52(83)44(27-47(59)79)68-54(85)46-26-37(78)29-74(46)56(87)45(65-32(4)76)24-34-17-19-36(77)20-18-34;1-2/h6-10,12-15,17-20,28,30-31,37,40-46,48,64,75,77-78H,11,16,21-27,29H2,1-5H3,(H2,59,79)(H2,60,80)(H,65,76)(H,66,82)(H,67,81)(H,68,85)(H,69,86)(H,71,83)(H,72,84)(H3,61,62,63)(H2,70,73,88);1-2H3/t31-,37-,40+,41+,42+,43+,44+,45-,46+,48+;/m1./s1. The first-order valence-corrected chi connectivity index (χ1v) is 29.5. The minimum Gasteiger partial charge on any atom is -0.508 e. The summed E-state index contributed by atoms with van der Waals surface area (Å²) in [5, 5.41) is 52.5. The molecule has 0 unspecified atom stereocenters. The number of likely N-dealkylation sites (tertiary alicyclic amines) is 1. The van der Waals surface area contributed by atoms with E-state index in [-0.39, 0.29) is 75.7 Å². The van der Waals surface area contributed by atoms with Crippen LogP contribution in [0.2, 0.25) is 0 Å². The summed E-state index contributed by atoms with van der Waals surface area (Å²) in [4.78, 5) is 157. The number of guanidine groups is 1. The summed E-state index contributed by atoms with van der Waals surface area (Å²) in [6.07, 6.45) is -2.45. The predicted octanol–water partition coefficient (Wildman–Crippen LogP) is -2.38. The topological polar surface area (TPSA) is 478 Å². The molecule has 30 nitrogen and oxygen atoms in total. The maximum absolute atomic E-state index is 14.1. The number of urea groups is 1. The highest BCUT2D eigenvalue weighted by molar-refractivity contribution is 5.99. The fourth-order valence-corrected chi connectivity index (χ4v) is 9.74. The van der Waals surface area contributed by atoms with Crippen molar-refractivity contribution in [2.75, 3.05) is 20.1 Å². The largest absolute Gasteiger partial charge is 0.508 e. The smallest absolute Gasteiger partial charge is 0.334 e. The van der Waals surface area contributed by atoms with Crippen LogP contribution in [-0.4, -0.2) is 177 Å². The monoisotopic (exact) mass is 1250 g/mol. The first kappa shape index (κ1) is 72.6. The van der Waals surface area contributed by atoms with Crippen molar-refractivity contribution in [3.8, 4) is 5.75 Å². The number of hydrogen-bond donors (Lipinski definition) is 17. The first-order valence-electron chi connectivity index (χ1n) is 29.5. The zero-order valence-electron chi connectivity index (χ0n) is 51.5. The van der Waals surface area contributed by atoms with Gasteiger partial charge in [-0.05, 0) is 67.0 Å². The van der Waals surface area contributed by atoms with Gasteiger partial charge >= 0.3 is 6.03 Å². The number of nitrogens with two attached hydrogens (primary N) is 3. The number of aliphatic imine (C=N–C) groups is 1. The number of H-pyrrole nitrogens is 1. The lowest BCUT2D eigenvalue weighted by Crippen LogP contribution is -2.62. The third-order valence-electron chi connectivity index (χ3n) is 14.2. The zero-order chi connectivity index (χ0) is 66.8. The Kier molecular flexibility index (Phi) is 28.9. The Labute approximate surface area is 520 Å². The highest BCUT2D eigenvalue weighted by atomic mass is 16.3. The molecule has 12 amide bonds. The molecule has 1 aliphatic heterocycles. The lowest BCUT2D eigenvalue weighted by atomic mass is 10.0. The Morgan fingerprint density at radius 2 is 1.27 bits per heavy atom. The van der Waals surface area contributed by atoms with E-state index in [2.05, 4.69) is 63.4 Å². The van der Waals surface area contributed by atoms with Crippen molar-refractivity contribution >= 4 is 82.0 Å². The van der Waals surface area contributed by atoms with Crippen LogP contribution in [0.1, 0.15) is 90.3 Å². The number of aromatic nitrogens is 1. The molecule has 490 valence electrons. The summed E-state index contributed by atoms with van der Waals surface area (Å²) in [6, 6.07) is 8.44. The number of nitrogens with zero attached hydrogens (tertiary/aromatic N) is 2. The average Bonchev–Trinajstić information content (AvgIpc) is 2.10. The number of phenols is 1. The van der Waals surface area contributed by atoms with Gasteiger partial charge in [-0.1, -0.05) is 88.4 Å². The van der Waals surface area contributed by atoms with Crippen molar-refractivity contribution in [3.05, 3.63) is 102 Å². The van der Waals surface area contributed by atoms with Gasteiger partial charge in [0.15, 0.2) is 5.96 Å². The minimum atomic E-state index is -1.89. The number of primary amides is 2. The van der Waals surface area contributed by atoms with Crippen molar-refractivity contribution in [3.63, 3.8) is 0 Å². The predicted molar refractivity (Wildman–Crippen MR) is 331 cm³/mol. The highest BCUT2D eigenvalue weighted by Gasteiger charge is 2.43. The number of para-hydroxylation sites is 1. The molecule has 1 saturated heterocycles. The van der Waals surface area contributed by atoms with Crippen LogP contribution in [0, 0.1) is 5.92 Å². The van der Waals surface area contributed by atoms with Gasteiger partial charge in [0.1, 0.15) is 54.1 Å². The second kappa shape index (κ2) is 35.8. The van der Waals surface area contributed by atoms with E-state index < -0.39 is 132 Å². The van der Waals surface area contributed by atoms with Gasteiger partial charge in [0.2, 0.25) is 53.2 Å². The van der Waals surface area contributed by atoms with Gasteiger partial charge in [-0.3, -0.25) is 58.4 Å². The van der Waals surface area contributed by atoms with Gasteiger partial charge in [-0.25, -0.2) is 10.2 Å². The van der Waals surface area contributed by atoms with Crippen molar-refractivity contribution in [2.45, 2.75) is 153 Å². The van der Waals surface area contributed by atoms with Crippen LogP contribution in [-0.2, 0) is 67.2 Å².